The monoisotopic (exact) mass is 207 g/mol. The Morgan fingerprint density at radius 2 is 2.31 bits per heavy atom. The lowest BCUT2D eigenvalue weighted by Crippen LogP contribution is -2.31. The molecule has 78 valence electrons. The third kappa shape index (κ3) is 2.93. The van der Waals surface area contributed by atoms with Crippen LogP contribution in [0.3, 0.4) is 0 Å². The zero-order valence-electron chi connectivity index (χ0n) is 8.12. The minimum absolute atomic E-state index is 0.316. The van der Waals surface area contributed by atoms with Gasteiger partial charge >= 0.3 is 0 Å². The van der Waals surface area contributed by atoms with Crippen LogP contribution in [0, 0.1) is 5.92 Å². The fourth-order valence-corrected chi connectivity index (χ4v) is 2.49. The Morgan fingerprint density at radius 3 is 2.77 bits per heavy atom. The second-order valence-corrected chi connectivity index (χ2v) is 5.83. The summed E-state index contributed by atoms with van der Waals surface area (Å²) >= 11 is 0. The molecule has 5 heteroatoms. The quantitative estimate of drug-likeness (QED) is 0.723. The number of rotatable bonds is 4. The molecule has 1 heterocycles. The summed E-state index contributed by atoms with van der Waals surface area (Å²) in [6.07, 6.45) is 1.69. The molecule has 0 aromatic carbocycles. The zero-order valence-corrected chi connectivity index (χ0v) is 8.93. The number of hydrogen-bond acceptors (Lipinski definition) is 3. The van der Waals surface area contributed by atoms with Gasteiger partial charge in [-0.2, -0.15) is 0 Å². The SMILES string of the molecule is CNS(=O)(=O)C(C)CC1CCOC1. The molecule has 1 fully saturated rings. The van der Waals surface area contributed by atoms with Gasteiger partial charge in [0.05, 0.1) is 5.25 Å². The Hall–Kier alpha value is -0.130. The van der Waals surface area contributed by atoms with E-state index in [1.165, 1.54) is 7.05 Å². The van der Waals surface area contributed by atoms with E-state index >= 15 is 0 Å². The van der Waals surface area contributed by atoms with E-state index in [2.05, 4.69) is 4.72 Å². The first kappa shape index (κ1) is 10.9. The summed E-state index contributed by atoms with van der Waals surface area (Å²) in [5.41, 5.74) is 0. The van der Waals surface area contributed by atoms with Gasteiger partial charge in [-0.1, -0.05) is 0 Å². The smallest absolute Gasteiger partial charge is 0.213 e. The van der Waals surface area contributed by atoms with Gasteiger partial charge in [0.15, 0.2) is 0 Å². The molecule has 1 aliphatic heterocycles. The molecular formula is C8H17NO3S. The van der Waals surface area contributed by atoms with Crippen LogP contribution in [0.4, 0.5) is 0 Å². The van der Waals surface area contributed by atoms with E-state index in [1.807, 2.05) is 0 Å². The van der Waals surface area contributed by atoms with Gasteiger partial charge in [0.2, 0.25) is 10.0 Å². The van der Waals surface area contributed by atoms with E-state index in [0.29, 0.717) is 18.9 Å². The molecule has 0 aromatic rings. The van der Waals surface area contributed by atoms with E-state index in [4.69, 9.17) is 4.74 Å². The molecule has 0 radical (unpaired) electrons. The van der Waals surface area contributed by atoms with Crippen molar-refractivity contribution in [2.45, 2.75) is 25.0 Å². The maximum Gasteiger partial charge on any atom is 0.213 e. The van der Waals surface area contributed by atoms with Gasteiger partial charge in [0.25, 0.3) is 0 Å². The highest BCUT2D eigenvalue weighted by atomic mass is 32.2. The Bertz CT molecular complexity index is 244. The molecule has 2 atom stereocenters. The van der Waals surface area contributed by atoms with Crippen LogP contribution in [0.2, 0.25) is 0 Å². The Morgan fingerprint density at radius 1 is 1.62 bits per heavy atom. The average molecular weight is 207 g/mol. The second kappa shape index (κ2) is 4.39. The number of ether oxygens (including phenoxy) is 1. The average Bonchev–Trinajstić information content (AvgIpc) is 2.57. The molecule has 13 heavy (non-hydrogen) atoms. The first-order chi connectivity index (χ1) is 6.06. The molecule has 0 saturated carbocycles. The fourth-order valence-electron chi connectivity index (χ4n) is 1.57. The van der Waals surface area contributed by atoms with Crippen LogP contribution in [0.1, 0.15) is 19.8 Å². The van der Waals surface area contributed by atoms with E-state index in [-0.39, 0.29) is 5.25 Å². The van der Waals surface area contributed by atoms with E-state index in [0.717, 1.165) is 13.0 Å². The minimum atomic E-state index is -3.09. The van der Waals surface area contributed by atoms with Crippen LogP contribution in [0.15, 0.2) is 0 Å². The van der Waals surface area contributed by atoms with Crippen LogP contribution >= 0.6 is 0 Å². The molecule has 4 nitrogen and oxygen atoms in total. The van der Waals surface area contributed by atoms with Gasteiger partial charge in [0.1, 0.15) is 0 Å². The third-order valence-electron chi connectivity index (χ3n) is 2.50. The normalized spacial score (nSPS) is 26.2. The summed E-state index contributed by atoms with van der Waals surface area (Å²) in [5.74, 6) is 0.415. The highest BCUT2D eigenvalue weighted by Crippen LogP contribution is 2.20. The van der Waals surface area contributed by atoms with Gasteiger partial charge in [-0.05, 0) is 32.7 Å². The summed E-state index contributed by atoms with van der Waals surface area (Å²) in [5, 5.41) is -0.316. The summed E-state index contributed by atoms with van der Waals surface area (Å²) in [7, 11) is -1.64. The van der Waals surface area contributed by atoms with E-state index < -0.39 is 10.0 Å². The summed E-state index contributed by atoms with van der Waals surface area (Å²) < 4.78 is 30.2. The summed E-state index contributed by atoms with van der Waals surface area (Å²) in [6.45, 7) is 3.23. The topological polar surface area (TPSA) is 55.4 Å². The first-order valence-electron chi connectivity index (χ1n) is 4.56. The maximum absolute atomic E-state index is 11.3. The van der Waals surface area contributed by atoms with Gasteiger partial charge < -0.3 is 4.74 Å². The number of nitrogens with one attached hydrogen (secondary N) is 1. The lowest BCUT2D eigenvalue weighted by atomic mass is 10.0. The van der Waals surface area contributed by atoms with Crippen LogP contribution < -0.4 is 4.72 Å². The summed E-state index contributed by atoms with van der Waals surface area (Å²) in [6, 6.07) is 0. The largest absolute Gasteiger partial charge is 0.381 e. The van der Waals surface area contributed by atoms with Crippen LogP contribution in [-0.2, 0) is 14.8 Å². The molecule has 2 unspecified atom stereocenters. The molecular weight excluding hydrogens is 190 g/mol. The van der Waals surface area contributed by atoms with Crippen molar-refractivity contribution < 1.29 is 13.2 Å². The van der Waals surface area contributed by atoms with Crippen molar-refractivity contribution in [2.24, 2.45) is 5.92 Å². The zero-order chi connectivity index (χ0) is 9.90. The van der Waals surface area contributed by atoms with Crippen molar-refractivity contribution in [1.82, 2.24) is 4.72 Å². The predicted molar refractivity (Wildman–Crippen MR) is 51.0 cm³/mol. The van der Waals surface area contributed by atoms with Gasteiger partial charge in [-0.25, -0.2) is 13.1 Å². The van der Waals surface area contributed by atoms with E-state index in [1.54, 1.807) is 6.92 Å². The third-order valence-corrected chi connectivity index (χ3v) is 4.32. The Balaban J connectivity index is 2.44. The Kier molecular flexibility index (Phi) is 3.70. The maximum atomic E-state index is 11.3. The first-order valence-corrected chi connectivity index (χ1v) is 6.11. The van der Waals surface area contributed by atoms with Crippen molar-refractivity contribution >= 4 is 10.0 Å². The molecule has 0 spiro atoms. The van der Waals surface area contributed by atoms with Crippen LogP contribution in [0.25, 0.3) is 0 Å². The standard InChI is InChI=1S/C8H17NO3S/c1-7(13(10,11)9-2)5-8-3-4-12-6-8/h7-9H,3-6H2,1-2H3. The van der Waals surface area contributed by atoms with Crippen molar-refractivity contribution in [3.05, 3.63) is 0 Å². The highest BCUT2D eigenvalue weighted by molar-refractivity contribution is 7.90. The lowest BCUT2D eigenvalue weighted by Gasteiger charge is -2.14. The van der Waals surface area contributed by atoms with Crippen LogP contribution in [0.5, 0.6) is 0 Å². The number of hydrogen-bond donors (Lipinski definition) is 1. The molecule has 1 N–H and O–H groups in total. The fraction of sp³-hybridized carbons (Fsp3) is 1.00. The van der Waals surface area contributed by atoms with E-state index in [9.17, 15) is 8.42 Å². The molecule has 1 rings (SSSR count). The van der Waals surface area contributed by atoms with Gasteiger partial charge in [-0.15, -0.1) is 0 Å². The van der Waals surface area contributed by atoms with Crippen molar-refractivity contribution in [2.75, 3.05) is 20.3 Å². The molecule has 1 saturated heterocycles. The molecule has 0 aromatic heterocycles. The van der Waals surface area contributed by atoms with Crippen molar-refractivity contribution in [3.63, 3.8) is 0 Å². The second-order valence-electron chi connectivity index (χ2n) is 3.53. The molecule has 0 bridgehead atoms. The molecule has 0 aliphatic carbocycles. The van der Waals surface area contributed by atoms with Crippen molar-refractivity contribution in [1.29, 1.82) is 0 Å². The van der Waals surface area contributed by atoms with Crippen molar-refractivity contribution in [3.8, 4) is 0 Å². The molecule has 1 aliphatic rings. The van der Waals surface area contributed by atoms with Crippen LogP contribution in [-0.4, -0.2) is 33.9 Å². The molecule has 0 amide bonds. The predicted octanol–water partition coefficient (Wildman–Crippen LogP) is 0.351. The Labute approximate surface area is 79.7 Å². The summed E-state index contributed by atoms with van der Waals surface area (Å²) in [4.78, 5) is 0. The van der Waals surface area contributed by atoms with Gasteiger partial charge in [0, 0.05) is 13.2 Å². The lowest BCUT2D eigenvalue weighted by molar-refractivity contribution is 0.184. The highest BCUT2D eigenvalue weighted by Gasteiger charge is 2.25. The number of sulfonamides is 1. The van der Waals surface area contributed by atoms with Gasteiger partial charge in [-0.3, -0.25) is 0 Å². The minimum Gasteiger partial charge on any atom is -0.381 e.